The van der Waals surface area contributed by atoms with Gasteiger partial charge in [0.25, 0.3) is 11.9 Å². The Labute approximate surface area is 326 Å². The van der Waals surface area contributed by atoms with Crippen LogP contribution in [-0.4, -0.2) is 58.5 Å². The number of carbonyl (C=O) groups is 2. The van der Waals surface area contributed by atoms with Gasteiger partial charge in [0, 0.05) is 13.8 Å². The Hall–Kier alpha value is -1.93. The molecule has 4 N–H and O–H groups in total. The Morgan fingerprint density at radius 1 is 0.540 bits per heavy atom. The Balaban J connectivity index is 0. The van der Waals surface area contributed by atoms with E-state index in [0.717, 1.165) is 36.1 Å². The zero-order valence-corrected chi connectivity index (χ0v) is 38.7. The van der Waals surface area contributed by atoms with Gasteiger partial charge in [-0.1, -0.05) is 104 Å². The molecule has 272 valence electrons. The number of aromatic hydroxyl groups is 2. The third-order valence-corrected chi connectivity index (χ3v) is 7.56. The molecule has 0 saturated heterocycles. The molecule has 1 aliphatic heterocycles. The van der Waals surface area contributed by atoms with Crippen molar-refractivity contribution >= 4 is 11.9 Å². The Morgan fingerprint density at radius 2 is 0.720 bits per heavy atom. The molecule has 0 fully saturated rings. The van der Waals surface area contributed by atoms with Gasteiger partial charge in [-0.25, -0.2) is 0 Å². The van der Waals surface area contributed by atoms with Gasteiger partial charge in [-0.05, 0) is 44.2 Å². The van der Waals surface area contributed by atoms with Crippen molar-refractivity contribution in [1.29, 1.82) is 0 Å². The van der Waals surface area contributed by atoms with Gasteiger partial charge in [0.15, 0.2) is 0 Å². The van der Waals surface area contributed by atoms with E-state index in [1.807, 2.05) is 0 Å². The number of benzene rings is 2. The molecule has 50 heavy (non-hydrogen) atoms. The van der Waals surface area contributed by atoms with E-state index < -0.39 is 11.9 Å². The molecule has 0 spiro atoms. The van der Waals surface area contributed by atoms with Crippen molar-refractivity contribution in [1.82, 2.24) is 0 Å². The maximum atomic E-state index is 11.2. The number of hydrogen-bond donors (Lipinski definition) is 4. The summed E-state index contributed by atoms with van der Waals surface area (Å²) in [6.45, 7) is 28.3. The molecule has 2 aromatic rings. The largest absolute Gasteiger partial charge is 2.00 e. The predicted octanol–water partition coefficient (Wildman–Crippen LogP) is 9.13. The summed E-state index contributed by atoms with van der Waals surface area (Å²) in [5, 5.41) is 56.6. The topological polar surface area (TPSA) is 171 Å². The van der Waals surface area contributed by atoms with Crippen LogP contribution in [0.15, 0.2) is 24.3 Å². The molecule has 0 amide bonds. The van der Waals surface area contributed by atoms with Crippen molar-refractivity contribution in [3.8, 4) is 11.5 Å². The summed E-state index contributed by atoms with van der Waals surface area (Å²) in [5.41, 5.74) is 5.40. The van der Waals surface area contributed by atoms with Crippen molar-refractivity contribution in [2.45, 2.75) is 120 Å². The molecule has 0 saturated carbocycles. The average Bonchev–Trinajstić information content (AvgIpc) is 2.89. The van der Waals surface area contributed by atoms with E-state index >= 15 is 0 Å². The monoisotopic (exact) mass is 796 g/mol. The number of carboxylic acids is 2. The van der Waals surface area contributed by atoms with Gasteiger partial charge in [0.1, 0.15) is 11.5 Å². The quantitative estimate of drug-likeness (QED) is 0.194. The molecule has 2 aromatic carbocycles. The molecule has 12 heteroatoms. The van der Waals surface area contributed by atoms with Crippen LogP contribution in [-0.2, 0) is 85.6 Å². The predicted molar refractivity (Wildman–Crippen MR) is 196 cm³/mol. The van der Waals surface area contributed by atoms with Crippen LogP contribution in [0.3, 0.4) is 0 Å². The van der Waals surface area contributed by atoms with E-state index in [0.29, 0.717) is 63.9 Å². The molecular formula is C38H60N4O6Zn2. The number of carboxylic acid groups (broad SMARTS) is 2. The minimum absolute atomic E-state index is 0. The van der Waals surface area contributed by atoms with Crippen molar-refractivity contribution in [3.05, 3.63) is 78.9 Å². The standard InChI is InChI=1S/C34H52N4O2.2C2H4O2.2Zn/c1-31(2,3)27-11-23-15-35-19-33(7,8)21-37-17-25-13-28(32(4,5)6)14-26(30(25)40)18-38-22-34(9,10)20-36-16-24(12-27)29(23)39;2*1-2(3)4;;/h11-14,39-40H,15-22H2,1-10H3;2*1H3,(H,3,4);;/q-4;;;2*+2. The van der Waals surface area contributed by atoms with Crippen LogP contribution < -0.4 is 0 Å². The number of phenols is 2. The average molecular weight is 800 g/mol. The van der Waals surface area contributed by atoms with Crippen LogP contribution in [0.5, 0.6) is 11.5 Å². The second-order valence-electron chi connectivity index (χ2n) is 16.3. The van der Waals surface area contributed by atoms with Crippen molar-refractivity contribution < 1.29 is 69.0 Å². The minimum Gasteiger partial charge on any atom is -0.658 e. The second-order valence-corrected chi connectivity index (χ2v) is 16.3. The maximum absolute atomic E-state index is 11.2. The van der Waals surface area contributed by atoms with Gasteiger partial charge >= 0.3 is 39.0 Å². The molecular weight excluding hydrogens is 739 g/mol. The summed E-state index contributed by atoms with van der Waals surface area (Å²) in [6.07, 6.45) is 0. The molecule has 0 aromatic heterocycles. The first-order valence-corrected chi connectivity index (χ1v) is 16.5. The molecule has 0 radical (unpaired) electrons. The third-order valence-electron chi connectivity index (χ3n) is 7.56. The van der Waals surface area contributed by atoms with Gasteiger partial charge in [0.2, 0.25) is 0 Å². The van der Waals surface area contributed by atoms with E-state index in [1.165, 1.54) is 11.1 Å². The molecule has 0 atom stereocenters. The van der Waals surface area contributed by atoms with Crippen molar-refractivity contribution in [3.63, 3.8) is 0 Å². The fourth-order valence-electron chi connectivity index (χ4n) is 4.88. The first-order valence-electron chi connectivity index (χ1n) is 16.5. The summed E-state index contributed by atoms with van der Waals surface area (Å²) < 4.78 is 0. The van der Waals surface area contributed by atoms with Crippen LogP contribution in [0.4, 0.5) is 0 Å². The van der Waals surface area contributed by atoms with E-state index in [9.17, 15) is 10.2 Å². The van der Waals surface area contributed by atoms with Crippen LogP contribution in [0.25, 0.3) is 21.3 Å². The van der Waals surface area contributed by atoms with Crippen molar-refractivity contribution in [2.75, 3.05) is 26.2 Å². The third kappa shape index (κ3) is 19.1. The molecule has 1 heterocycles. The van der Waals surface area contributed by atoms with E-state index in [2.05, 4.69) is 93.5 Å². The van der Waals surface area contributed by atoms with Gasteiger partial charge in [-0.2, -0.15) is 0 Å². The molecule has 0 unspecified atom stereocenters. The Bertz CT molecular complexity index is 1190. The molecule has 4 bridgehead atoms. The van der Waals surface area contributed by atoms with Gasteiger partial charge < -0.3 is 41.7 Å². The molecule has 0 aliphatic carbocycles. The molecule has 3 rings (SSSR count). The fourth-order valence-corrected chi connectivity index (χ4v) is 4.88. The van der Waals surface area contributed by atoms with Gasteiger partial charge in [-0.15, -0.1) is 52.4 Å². The maximum Gasteiger partial charge on any atom is 2.00 e. The van der Waals surface area contributed by atoms with E-state index in [1.54, 1.807) is 0 Å². The van der Waals surface area contributed by atoms with Gasteiger partial charge in [-0.3, -0.25) is 9.59 Å². The van der Waals surface area contributed by atoms with Crippen LogP contribution in [0, 0.1) is 10.8 Å². The Kier molecular flexibility index (Phi) is 21.6. The zero-order chi connectivity index (χ0) is 37.1. The normalized spacial score (nSPS) is 16.7. The summed E-state index contributed by atoms with van der Waals surface area (Å²) >= 11 is 0. The first kappa shape index (κ1) is 50.2. The first-order chi connectivity index (χ1) is 21.8. The number of fused-ring (bicyclic) bond motifs is 4. The van der Waals surface area contributed by atoms with Crippen LogP contribution in [0.2, 0.25) is 0 Å². The van der Waals surface area contributed by atoms with E-state index in [4.69, 9.17) is 41.1 Å². The van der Waals surface area contributed by atoms with Crippen LogP contribution >= 0.6 is 0 Å². The summed E-state index contributed by atoms with van der Waals surface area (Å²) in [4.78, 5) is 18.0. The zero-order valence-electron chi connectivity index (χ0n) is 32.8. The minimum atomic E-state index is -0.833. The van der Waals surface area contributed by atoms with Crippen LogP contribution in [0.1, 0.15) is 116 Å². The number of hydrogen-bond acceptors (Lipinski definition) is 4. The second kappa shape index (κ2) is 21.6. The Morgan fingerprint density at radius 3 is 0.880 bits per heavy atom. The summed E-state index contributed by atoms with van der Waals surface area (Å²) in [5.74, 6) is -1.05. The number of phenolic OH excluding ortho intramolecular Hbond substituents is 2. The van der Waals surface area contributed by atoms with E-state index in [-0.39, 0.29) is 60.6 Å². The SMILES string of the molecule is CC(=O)O.CC(=O)O.CC1(C)C[N-]Cc2cc(C(C)(C)C)cc(c2O)C[N-]CC(C)(C)C[N-]Cc2cc(C(C)(C)C)cc(c2O)C[N-]C1.[Zn+2].[Zn+2]. The smallest absolute Gasteiger partial charge is 0.658 e. The fraction of sp³-hybridized carbons (Fsp3) is 0.632. The summed E-state index contributed by atoms with van der Waals surface area (Å²) in [6, 6.07) is 8.38. The number of aliphatic carboxylic acids is 2. The number of rotatable bonds is 0. The van der Waals surface area contributed by atoms with Crippen molar-refractivity contribution in [2.24, 2.45) is 10.8 Å². The molecule has 1 aliphatic rings. The molecule has 10 nitrogen and oxygen atoms in total. The summed E-state index contributed by atoms with van der Waals surface area (Å²) in [7, 11) is 0. The van der Waals surface area contributed by atoms with Gasteiger partial charge in [0.05, 0.1) is 0 Å². The number of nitrogens with zero attached hydrogens (tertiary/aromatic N) is 4.